The van der Waals surface area contributed by atoms with Gasteiger partial charge in [-0.05, 0) is 18.8 Å². The van der Waals surface area contributed by atoms with E-state index in [1.165, 1.54) is 6.42 Å². The maximum absolute atomic E-state index is 9.38. The van der Waals surface area contributed by atoms with Gasteiger partial charge in [0.05, 0.1) is 12.1 Å². The van der Waals surface area contributed by atoms with E-state index < -0.39 is 0 Å². The first-order chi connectivity index (χ1) is 7.24. The molecule has 2 heterocycles. The molecular weight excluding hydrogens is 194 g/mol. The van der Waals surface area contributed by atoms with Crippen molar-refractivity contribution in [2.24, 2.45) is 5.92 Å². The lowest BCUT2D eigenvalue weighted by atomic mass is 10.2. The van der Waals surface area contributed by atoms with E-state index >= 15 is 0 Å². The van der Waals surface area contributed by atoms with Crippen LogP contribution in [-0.4, -0.2) is 27.9 Å². The van der Waals surface area contributed by atoms with Crippen LogP contribution in [0.5, 0.6) is 0 Å². The lowest BCUT2D eigenvalue weighted by Gasteiger charge is -2.01. The van der Waals surface area contributed by atoms with Crippen LogP contribution in [0.25, 0.3) is 0 Å². The third-order valence-electron chi connectivity index (χ3n) is 3.30. The number of rotatable bonds is 2. The second-order valence-corrected chi connectivity index (χ2v) is 4.66. The summed E-state index contributed by atoms with van der Waals surface area (Å²) in [5, 5.41) is 16.5. The molecule has 5 nitrogen and oxygen atoms in total. The van der Waals surface area contributed by atoms with E-state index in [-0.39, 0.29) is 12.1 Å². The third kappa shape index (κ3) is 1.66. The summed E-state index contributed by atoms with van der Waals surface area (Å²) in [6.07, 6.45) is 1.55. The molecule has 1 aliphatic heterocycles. The molecule has 1 aliphatic carbocycles. The van der Waals surface area contributed by atoms with E-state index in [0.29, 0.717) is 30.7 Å². The topological polar surface area (TPSA) is 71.2 Å². The first-order valence-corrected chi connectivity index (χ1v) is 5.49. The average molecular weight is 209 g/mol. The summed E-state index contributed by atoms with van der Waals surface area (Å²) in [7, 11) is 0. The fourth-order valence-electron chi connectivity index (χ4n) is 2.13. The van der Waals surface area contributed by atoms with Gasteiger partial charge in [0.1, 0.15) is 0 Å². The fraction of sp³-hybridized carbons (Fsp3) is 0.800. The second kappa shape index (κ2) is 3.28. The predicted octanol–water partition coefficient (Wildman–Crippen LogP) is 0.588. The first-order valence-electron chi connectivity index (χ1n) is 5.49. The molecule has 82 valence electrons. The number of nitrogens with zero attached hydrogens (tertiary/aromatic N) is 2. The number of aliphatic hydroxyl groups excluding tert-OH is 1. The summed E-state index contributed by atoms with van der Waals surface area (Å²) in [6.45, 7) is 2.81. The molecule has 0 amide bonds. The van der Waals surface area contributed by atoms with E-state index in [1.54, 1.807) is 0 Å². The molecule has 2 fully saturated rings. The van der Waals surface area contributed by atoms with Gasteiger partial charge in [0.15, 0.2) is 5.82 Å². The van der Waals surface area contributed by atoms with Crippen molar-refractivity contribution in [3.63, 3.8) is 0 Å². The third-order valence-corrected chi connectivity index (χ3v) is 3.30. The summed E-state index contributed by atoms with van der Waals surface area (Å²) < 4.78 is 5.21. The van der Waals surface area contributed by atoms with E-state index in [4.69, 9.17) is 4.52 Å². The van der Waals surface area contributed by atoms with Crippen molar-refractivity contribution in [1.82, 2.24) is 15.5 Å². The Hall–Kier alpha value is -0.940. The molecule has 1 aromatic rings. The van der Waals surface area contributed by atoms with Gasteiger partial charge in [-0.2, -0.15) is 4.98 Å². The van der Waals surface area contributed by atoms with E-state index in [0.717, 1.165) is 5.82 Å². The maximum Gasteiger partial charge on any atom is 0.243 e. The highest BCUT2D eigenvalue weighted by Crippen LogP contribution is 2.45. The molecule has 2 N–H and O–H groups in total. The van der Waals surface area contributed by atoms with Gasteiger partial charge < -0.3 is 14.9 Å². The summed E-state index contributed by atoms with van der Waals surface area (Å²) in [6, 6.07) is 0.0373. The van der Waals surface area contributed by atoms with Crippen LogP contribution < -0.4 is 5.32 Å². The molecule has 2 aliphatic rings. The number of nitrogens with one attached hydrogen (secondary N) is 1. The van der Waals surface area contributed by atoms with Crippen molar-refractivity contribution in [2.75, 3.05) is 6.54 Å². The second-order valence-electron chi connectivity index (χ2n) is 4.66. The van der Waals surface area contributed by atoms with Crippen molar-refractivity contribution in [3.8, 4) is 0 Å². The summed E-state index contributed by atoms with van der Waals surface area (Å²) >= 11 is 0. The minimum Gasteiger partial charge on any atom is -0.392 e. The van der Waals surface area contributed by atoms with Gasteiger partial charge in [-0.15, -0.1) is 0 Å². The van der Waals surface area contributed by atoms with Crippen molar-refractivity contribution < 1.29 is 9.63 Å². The Kier molecular flexibility index (Phi) is 2.03. The van der Waals surface area contributed by atoms with Gasteiger partial charge in [0, 0.05) is 12.5 Å². The van der Waals surface area contributed by atoms with Crippen molar-refractivity contribution in [3.05, 3.63) is 11.7 Å². The molecule has 0 spiro atoms. The smallest absolute Gasteiger partial charge is 0.243 e. The van der Waals surface area contributed by atoms with Crippen LogP contribution in [0.4, 0.5) is 0 Å². The van der Waals surface area contributed by atoms with Gasteiger partial charge in [-0.1, -0.05) is 12.1 Å². The number of hydrogen-bond acceptors (Lipinski definition) is 5. The monoisotopic (exact) mass is 209 g/mol. The Bertz CT molecular complexity index is 365. The predicted molar refractivity (Wildman–Crippen MR) is 52.2 cm³/mol. The Balaban J connectivity index is 1.73. The van der Waals surface area contributed by atoms with E-state index in [1.807, 2.05) is 0 Å². The number of β-amino-alcohol motifs (C(OH)–C–C–N with tert-alkyl or cyclic N) is 1. The Morgan fingerprint density at radius 3 is 2.87 bits per heavy atom. The highest BCUT2D eigenvalue weighted by Gasteiger charge is 2.39. The number of hydrogen-bond donors (Lipinski definition) is 2. The zero-order valence-electron chi connectivity index (χ0n) is 8.68. The standard InChI is InChI=1S/C10H15N3O2/c1-5-2-7(5)9-12-10(15-13-9)8-3-6(14)4-11-8/h5-8,11,14H,2-4H2,1H3/t5?,6-,7?,8-/m1/s1. The molecule has 1 saturated carbocycles. The lowest BCUT2D eigenvalue weighted by Crippen LogP contribution is -2.15. The van der Waals surface area contributed by atoms with Crippen molar-refractivity contribution in [1.29, 1.82) is 0 Å². The lowest BCUT2D eigenvalue weighted by molar-refractivity contribution is 0.191. The van der Waals surface area contributed by atoms with E-state index in [2.05, 4.69) is 22.4 Å². The molecule has 3 rings (SSSR count). The van der Waals surface area contributed by atoms with Gasteiger partial charge in [-0.3, -0.25) is 0 Å². The quantitative estimate of drug-likeness (QED) is 0.745. The normalized spacial score (nSPS) is 39.6. The highest BCUT2D eigenvalue weighted by molar-refractivity contribution is 5.09. The van der Waals surface area contributed by atoms with Gasteiger partial charge in [0.25, 0.3) is 0 Å². The molecule has 0 bridgehead atoms. The molecule has 0 radical (unpaired) electrons. The summed E-state index contributed by atoms with van der Waals surface area (Å²) in [5.41, 5.74) is 0. The van der Waals surface area contributed by atoms with E-state index in [9.17, 15) is 5.11 Å². The highest BCUT2D eigenvalue weighted by atomic mass is 16.5. The zero-order valence-corrected chi connectivity index (χ0v) is 8.68. The Labute approximate surface area is 87.9 Å². The van der Waals surface area contributed by atoms with Crippen LogP contribution in [0, 0.1) is 5.92 Å². The fourth-order valence-corrected chi connectivity index (χ4v) is 2.13. The zero-order chi connectivity index (χ0) is 10.4. The molecule has 5 heteroatoms. The van der Waals surface area contributed by atoms with Crippen LogP contribution >= 0.6 is 0 Å². The number of aliphatic hydroxyl groups is 1. The minimum atomic E-state index is -0.287. The van der Waals surface area contributed by atoms with Crippen LogP contribution in [0.2, 0.25) is 0 Å². The molecule has 2 unspecified atom stereocenters. The van der Waals surface area contributed by atoms with Crippen molar-refractivity contribution in [2.45, 2.75) is 37.8 Å². The molecule has 15 heavy (non-hydrogen) atoms. The summed E-state index contributed by atoms with van der Waals surface area (Å²) in [5.74, 6) is 2.65. The van der Waals surface area contributed by atoms with Crippen molar-refractivity contribution >= 4 is 0 Å². The average Bonchev–Trinajstić information content (AvgIpc) is 2.71. The molecule has 1 aromatic heterocycles. The summed E-state index contributed by atoms with van der Waals surface area (Å²) in [4.78, 5) is 4.39. The van der Waals surface area contributed by atoms with Gasteiger partial charge in [0.2, 0.25) is 5.89 Å². The minimum absolute atomic E-state index is 0.0373. The van der Waals surface area contributed by atoms with Gasteiger partial charge >= 0.3 is 0 Å². The SMILES string of the molecule is CC1CC1c1noc([C@H]2C[C@@H](O)CN2)n1. The van der Waals surface area contributed by atoms with Crippen LogP contribution in [0.1, 0.15) is 43.4 Å². The van der Waals surface area contributed by atoms with Gasteiger partial charge in [-0.25, -0.2) is 0 Å². The number of aromatic nitrogens is 2. The maximum atomic E-state index is 9.38. The Morgan fingerprint density at radius 2 is 2.27 bits per heavy atom. The van der Waals surface area contributed by atoms with Crippen LogP contribution in [0.3, 0.4) is 0 Å². The molecule has 0 aromatic carbocycles. The largest absolute Gasteiger partial charge is 0.392 e. The van der Waals surface area contributed by atoms with Crippen LogP contribution in [-0.2, 0) is 0 Å². The molecular formula is C10H15N3O2. The van der Waals surface area contributed by atoms with Crippen LogP contribution in [0.15, 0.2) is 4.52 Å². The molecule has 4 atom stereocenters. The first kappa shape index (κ1) is 9.30. The Morgan fingerprint density at radius 1 is 1.47 bits per heavy atom. The molecule has 1 saturated heterocycles.